The first-order valence-corrected chi connectivity index (χ1v) is 7.14. The molecule has 0 aromatic carbocycles. The standard InChI is InChI=1S/C14H30N2O/c1-13(2)15(4)12-14(3)17-11-10-16-8-6-5-7-9-16/h13-14H,5-12H2,1-4H3. The maximum atomic E-state index is 5.88. The molecule has 0 radical (unpaired) electrons. The fourth-order valence-corrected chi connectivity index (χ4v) is 2.24. The van der Waals surface area contributed by atoms with Gasteiger partial charge in [0.1, 0.15) is 0 Å². The summed E-state index contributed by atoms with van der Waals surface area (Å²) in [5, 5.41) is 0. The molecule has 17 heavy (non-hydrogen) atoms. The minimum atomic E-state index is 0.340. The van der Waals surface area contributed by atoms with E-state index < -0.39 is 0 Å². The highest BCUT2D eigenvalue weighted by atomic mass is 16.5. The van der Waals surface area contributed by atoms with Crippen LogP contribution in [0, 0.1) is 0 Å². The summed E-state index contributed by atoms with van der Waals surface area (Å²) in [6.45, 7) is 12.2. The molecule has 3 heteroatoms. The predicted molar refractivity (Wildman–Crippen MR) is 73.5 cm³/mol. The van der Waals surface area contributed by atoms with Crippen LogP contribution in [-0.4, -0.2) is 61.8 Å². The van der Waals surface area contributed by atoms with E-state index in [1.165, 1.54) is 32.4 Å². The molecule has 0 aliphatic carbocycles. The van der Waals surface area contributed by atoms with E-state index in [0.29, 0.717) is 12.1 Å². The first-order chi connectivity index (χ1) is 8.09. The largest absolute Gasteiger partial charge is 0.376 e. The third-order valence-electron chi connectivity index (χ3n) is 3.69. The number of nitrogens with zero attached hydrogens (tertiary/aromatic N) is 2. The maximum Gasteiger partial charge on any atom is 0.0674 e. The van der Waals surface area contributed by atoms with Gasteiger partial charge in [-0.05, 0) is 53.8 Å². The smallest absolute Gasteiger partial charge is 0.0674 e. The minimum Gasteiger partial charge on any atom is -0.376 e. The minimum absolute atomic E-state index is 0.340. The molecule has 0 aromatic rings. The van der Waals surface area contributed by atoms with Gasteiger partial charge in [-0.15, -0.1) is 0 Å². The van der Waals surface area contributed by atoms with E-state index in [-0.39, 0.29) is 0 Å². The average Bonchev–Trinajstić information content (AvgIpc) is 2.30. The van der Waals surface area contributed by atoms with E-state index in [2.05, 4.69) is 37.6 Å². The van der Waals surface area contributed by atoms with Crippen molar-refractivity contribution in [2.45, 2.75) is 52.2 Å². The van der Waals surface area contributed by atoms with Gasteiger partial charge in [0.15, 0.2) is 0 Å². The lowest BCUT2D eigenvalue weighted by Gasteiger charge is -2.28. The summed E-state index contributed by atoms with van der Waals surface area (Å²) < 4.78 is 5.88. The summed E-state index contributed by atoms with van der Waals surface area (Å²) in [6, 6.07) is 0.600. The third-order valence-corrected chi connectivity index (χ3v) is 3.69. The molecule has 0 saturated carbocycles. The Hall–Kier alpha value is -0.120. The molecule has 3 nitrogen and oxygen atoms in total. The fraction of sp³-hybridized carbons (Fsp3) is 1.00. The van der Waals surface area contributed by atoms with Crippen LogP contribution >= 0.6 is 0 Å². The van der Waals surface area contributed by atoms with Gasteiger partial charge in [-0.1, -0.05) is 6.42 Å². The van der Waals surface area contributed by atoms with Crippen LogP contribution in [0.15, 0.2) is 0 Å². The van der Waals surface area contributed by atoms with Crippen LogP contribution < -0.4 is 0 Å². The van der Waals surface area contributed by atoms with Crippen LogP contribution in [0.1, 0.15) is 40.0 Å². The van der Waals surface area contributed by atoms with Gasteiger partial charge in [-0.3, -0.25) is 0 Å². The molecule has 1 unspecified atom stereocenters. The Morgan fingerprint density at radius 3 is 2.35 bits per heavy atom. The summed E-state index contributed by atoms with van der Waals surface area (Å²) in [5.74, 6) is 0. The zero-order valence-corrected chi connectivity index (χ0v) is 12.1. The second kappa shape index (κ2) is 8.06. The molecule has 0 N–H and O–H groups in total. The third kappa shape index (κ3) is 6.39. The van der Waals surface area contributed by atoms with Crippen molar-refractivity contribution in [3.05, 3.63) is 0 Å². The predicted octanol–water partition coefficient (Wildman–Crippen LogP) is 2.22. The number of likely N-dealkylation sites (N-methyl/N-ethyl adjacent to an activating group) is 1. The second-order valence-corrected chi connectivity index (χ2v) is 5.62. The number of piperidine rings is 1. The zero-order chi connectivity index (χ0) is 12.7. The average molecular weight is 242 g/mol. The number of ether oxygens (including phenoxy) is 1. The van der Waals surface area contributed by atoms with Gasteiger partial charge in [0, 0.05) is 19.1 Å². The van der Waals surface area contributed by atoms with E-state index in [1.807, 2.05) is 0 Å². The summed E-state index contributed by atoms with van der Waals surface area (Å²) in [4.78, 5) is 4.87. The molecule has 0 spiro atoms. The van der Waals surface area contributed by atoms with Gasteiger partial charge >= 0.3 is 0 Å². The van der Waals surface area contributed by atoms with Crippen molar-refractivity contribution in [1.29, 1.82) is 0 Å². The van der Waals surface area contributed by atoms with Gasteiger partial charge in [-0.25, -0.2) is 0 Å². The monoisotopic (exact) mass is 242 g/mol. The Morgan fingerprint density at radius 2 is 1.76 bits per heavy atom. The van der Waals surface area contributed by atoms with E-state index in [4.69, 9.17) is 4.74 Å². The highest BCUT2D eigenvalue weighted by molar-refractivity contribution is 4.65. The normalized spacial score (nSPS) is 20.1. The van der Waals surface area contributed by atoms with Crippen molar-refractivity contribution in [3.8, 4) is 0 Å². The zero-order valence-electron chi connectivity index (χ0n) is 12.1. The van der Waals surface area contributed by atoms with Gasteiger partial charge in [0.05, 0.1) is 12.7 Å². The molecular weight excluding hydrogens is 212 g/mol. The van der Waals surface area contributed by atoms with Crippen LogP contribution in [0.2, 0.25) is 0 Å². The lowest BCUT2D eigenvalue weighted by atomic mass is 10.1. The topological polar surface area (TPSA) is 15.7 Å². The molecule has 1 aliphatic heterocycles. The molecule has 1 saturated heterocycles. The molecule has 1 atom stereocenters. The molecule has 1 fully saturated rings. The Balaban J connectivity index is 2.04. The Morgan fingerprint density at radius 1 is 1.12 bits per heavy atom. The van der Waals surface area contributed by atoms with E-state index in [9.17, 15) is 0 Å². The van der Waals surface area contributed by atoms with Gasteiger partial charge in [0.2, 0.25) is 0 Å². The van der Waals surface area contributed by atoms with Crippen LogP contribution in [0.4, 0.5) is 0 Å². The van der Waals surface area contributed by atoms with Crippen molar-refractivity contribution in [2.75, 3.05) is 39.8 Å². The van der Waals surface area contributed by atoms with Crippen molar-refractivity contribution in [3.63, 3.8) is 0 Å². The van der Waals surface area contributed by atoms with Crippen molar-refractivity contribution in [2.24, 2.45) is 0 Å². The lowest BCUT2D eigenvalue weighted by molar-refractivity contribution is 0.0227. The molecule has 1 aliphatic rings. The Kier molecular flexibility index (Phi) is 7.09. The van der Waals surface area contributed by atoms with Crippen molar-refractivity contribution < 1.29 is 4.74 Å². The number of rotatable bonds is 7. The summed E-state index contributed by atoms with van der Waals surface area (Å²) in [7, 11) is 2.16. The van der Waals surface area contributed by atoms with E-state index in [1.54, 1.807) is 0 Å². The van der Waals surface area contributed by atoms with Gasteiger partial charge in [0.25, 0.3) is 0 Å². The van der Waals surface area contributed by atoms with Crippen LogP contribution in [-0.2, 0) is 4.74 Å². The highest BCUT2D eigenvalue weighted by Crippen LogP contribution is 2.08. The van der Waals surface area contributed by atoms with E-state index >= 15 is 0 Å². The first kappa shape index (κ1) is 14.9. The lowest BCUT2D eigenvalue weighted by Crippen LogP contribution is -2.37. The van der Waals surface area contributed by atoms with Gasteiger partial charge < -0.3 is 14.5 Å². The van der Waals surface area contributed by atoms with E-state index in [0.717, 1.165) is 19.7 Å². The second-order valence-electron chi connectivity index (χ2n) is 5.62. The fourth-order valence-electron chi connectivity index (χ4n) is 2.24. The molecule has 0 bridgehead atoms. The molecule has 0 amide bonds. The SMILES string of the molecule is CC(CN(C)C(C)C)OCCN1CCCCC1. The van der Waals surface area contributed by atoms with Crippen LogP contribution in [0.25, 0.3) is 0 Å². The number of hydrogen-bond acceptors (Lipinski definition) is 3. The maximum absolute atomic E-state index is 5.88. The molecule has 0 aromatic heterocycles. The first-order valence-electron chi connectivity index (χ1n) is 7.14. The van der Waals surface area contributed by atoms with Crippen molar-refractivity contribution >= 4 is 0 Å². The van der Waals surface area contributed by atoms with Crippen LogP contribution in [0.3, 0.4) is 0 Å². The summed E-state index contributed by atoms with van der Waals surface area (Å²) in [6.07, 6.45) is 4.48. The summed E-state index contributed by atoms with van der Waals surface area (Å²) >= 11 is 0. The Bertz CT molecular complexity index is 191. The molecular formula is C14H30N2O. The molecule has 1 rings (SSSR count). The van der Waals surface area contributed by atoms with Gasteiger partial charge in [-0.2, -0.15) is 0 Å². The quantitative estimate of drug-likeness (QED) is 0.681. The van der Waals surface area contributed by atoms with Crippen molar-refractivity contribution in [1.82, 2.24) is 9.80 Å². The molecule has 102 valence electrons. The summed E-state index contributed by atoms with van der Waals surface area (Å²) in [5.41, 5.74) is 0. The Labute approximate surface area is 107 Å². The number of likely N-dealkylation sites (tertiary alicyclic amines) is 1. The number of hydrogen-bond donors (Lipinski definition) is 0. The highest BCUT2D eigenvalue weighted by Gasteiger charge is 2.12. The van der Waals surface area contributed by atoms with Crippen LogP contribution in [0.5, 0.6) is 0 Å². The molecule has 1 heterocycles.